The Bertz CT molecular complexity index is 1310. The summed E-state index contributed by atoms with van der Waals surface area (Å²) in [7, 11) is 0. The highest BCUT2D eigenvalue weighted by molar-refractivity contribution is 7.19. The van der Waals surface area contributed by atoms with Crippen molar-refractivity contribution in [2.75, 3.05) is 18.4 Å². The molecule has 0 unspecified atom stereocenters. The van der Waals surface area contributed by atoms with E-state index in [0.717, 1.165) is 52.1 Å². The third-order valence-electron chi connectivity index (χ3n) is 6.90. The van der Waals surface area contributed by atoms with Crippen molar-refractivity contribution < 1.29 is 9.53 Å². The second-order valence-electron chi connectivity index (χ2n) is 9.47. The standard InChI is InChI=1S/C25H26ClN5O2S/c1-13-10-31(11-14(2)33-13)25(32)15-3-4-18-21(7-15)34-24-22(18)23(28-12-29-24)30-20-6-17-9-27-8-16(17)5-19(20)26/h5-6,9,12-15H,3-4,7-8,10-11H2,1-2H3,(H,28,29,30)/t13-,14-,15-/m0/s1. The van der Waals surface area contributed by atoms with Crippen LogP contribution in [0.1, 0.15) is 41.8 Å². The normalized spacial score (nSPS) is 23.7. The number of hydrogen-bond acceptors (Lipinski definition) is 7. The molecule has 6 rings (SSSR count). The molecule has 4 heterocycles. The molecule has 1 aromatic carbocycles. The van der Waals surface area contributed by atoms with Crippen LogP contribution < -0.4 is 5.32 Å². The fourth-order valence-corrected chi connectivity index (χ4v) is 6.89. The number of nitrogens with one attached hydrogen (secondary N) is 1. The van der Waals surface area contributed by atoms with E-state index in [0.29, 0.717) is 24.7 Å². The van der Waals surface area contributed by atoms with Gasteiger partial charge in [-0.05, 0) is 61.9 Å². The van der Waals surface area contributed by atoms with Gasteiger partial charge in [0.1, 0.15) is 17.0 Å². The first-order valence-electron chi connectivity index (χ1n) is 11.7. The number of benzene rings is 1. The van der Waals surface area contributed by atoms with Crippen molar-refractivity contribution in [1.29, 1.82) is 0 Å². The van der Waals surface area contributed by atoms with Gasteiger partial charge in [0.05, 0.1) is 34.8 Å². The number of rotatable bonds is 3. The summed E-state index contributed by atoms with van der Waals surface area (Å²) in [6, 6.07) is 4.00. The first-order chi connectivity index (χ1) is 16.5. The van der Waals surface area contributed by atoms with Gasteiger partial charge in [-0.1, -0.05) is 11.6 Å². The highest BCUT2D eigenvalue weighted by Crippen LogP contribution is 2.41. The summed E-state index contributed by atoms with van der Waals surface area (Å²) in [6.07, 6.45) is 6.07. The largest absolute Gasteiger partial charge is 0.372 e. The maximum atomic E-state index is 13.3. The molecule has 3 aliphatic rings. The number of nitrogens with zero attached hydrogens (tertiary/aromatic N) is 4. The van der Waals surface area contributed by atoms with Gasteiger partial charge in [0.2, 0.25) is 5.91 Å². The molecule has 1 amide bonds. The molecule has 0 radical (unpaired) electrons. The zero-order chi connectivity index (χ0) is 23.4. The minimum atomic E-state index is 0.00729. The molecule has 34 heavy (non-hydrogen) atoms. The third-order valence-corrected chi connectivity index (χ3v) is 8.37. The van der Waals surface area contributed by atoms with Gasteiger partial charge in [0, 0.05) is 30.1 Å². The van der Waals surface area contributed by atoms with Gasteiger partial charge in [0.25, 0.3) is 0 Å². The molecule has 0 bridgehead atoms. The minimum absolute atomic E-state index is 0.00729. The van der Waals surface area contributed by atoms with E-state index < -0.39 is 0 Å². The number of aryl methyl sites for hydroxylation is 1. The van der Waals surface area contributed by atoms with Crippen molar-refractivity contribution in [3.05, 3.63) is 45.1 Å². The van der Waals surface area contributed by atoms with Crippen LogP contribution in [0.4, 0.5) is 11.5 Å². The summed E-state index contributed by atoms with van der Waals surface area (Å²) in [5.41, 5.74) is 4.29. The van der Waals surface area contributed by atoms with Crippen LogP contribution >= 0.6 is 22.9 Å². The molecule has 0 saturated carbocycles. The van der Waals surface area contributed by atoms with E-state index >= 15 is 0 Å². The van der Waals surface area contributed by atoms with Crippen molar-refractivity contribution in [1.82, 2.24) is 14.9 Å². The highest BCUT2D eigenvalue weighted by atomic mass is 35.5. The Hall–Kier alpha value is -2.55. The van der Waals surface area contributed by atoms with Crippen LogP contribution in [-0.2, 0) is 28.9 Å². The molecule has 0 spiro atoms. The maximum absolute atomic E-state index is 13.3. The van der Waals surface area contributed by atoms with E-state index in [2.05, 4.69) is 20.3 Å². The Morgan fingerprint density at radius 3 is 2.88 bits per heavy atom. The molecule has 3 aromatic rings. The van der Waals surface area contributed by atoms with Gasteiger partial charge in [-0.3, -0.25) is 9.79 Å². The van der Waals surface area contributed by atoms with Gasteiger partial charge in [-0.2, -0.15) is 0 Å². The number of carbonyl (C=O) groups is 1. The molecule has 1 N–H and O–H groups in total. The zero-order valence-corrected chi connectivity index (χ0v) is 20.7. The molecule has 9 heteroatoms. The van der Waals surface area contributed by atoms with E-state index in [1.165, 1.54) is 10.4 Å². The fraction of sp³-hybridized carbons (Fsp3) is 0.440. The topological polar surface area (TPSA) is 79.7 Å². The van der Waals surface area contributed by atoms with Crippen LogP contribution in [0.2, 0.25) is 5.02 Å². The number of ether oxygens (including phenoxy) is 1. The Morgan fingerprint density at radius 2 is 2.06 bits per heavy atom. The molecule has 2 aliphatic heterocycles. The average Bonchev–Trinajstić information content (AvgIpc) is 3.41. The number of morpholine rings is 1. The first-order valence-corrected chi connectivity index (χ1v) is 12.9. The highest BCUT2D eigenvalue weighted by Gasteiger charge is 2.34. The molecular formula is C25H26ClN5O2S. The summed E-state index contributed by atoms with van der Waals surface area (Å²) < 4.78 is 5.81. The summed E-state index contributed by atoms with van der Waals surface area (Å²) in [5, 5.41) is 5.15. The molecule has 1 saturated heterocycles. The number of thiophene rings is 1. The van der Waals surface area contributed by atoms with Crippen LogP contribution in [0.15, 0.2) is 23.5 Å². The van der Waals surface area contributed by atoms with Crippen molar-refractivity contribution in [3.63, 3.8) is 0 Å². The van der Waals surface area contributed by atoms with Gasteiger partial charge in [-0.25, -0.2) is 9.97 Å². The van der Waals surface area contributed by atoms with E-state index in [4.69, 9.17) is 16.3 Å². The van der Waals surface area contributed by atoms with Crippen LogP contribution in [0, 0.1) is 5.92 Å². The number of anilines is 2. The van der Waals surface area contributed by atoms with Gasteiger partial charge in [0.15, 0.2) is 0 Å². The molecule has 7 nitrogen and oxygen atoms in total. The lowest BCUT2D eigenvalue weighted by Crippen LogP contribution is -2.50. The molecular weight excluding hydrogens is 470 g/mol. The van der Waals surface area contributed by atoms with Crippen LogP contribution in [0.3, 0.4) is 0 Å². The minimum Gasteiger partial charge on any atom is -0.372 e. The monoisotopic (exact) mass is 495 g/mol. The van der Waals surface area contributed by atoms with Gasteiger partial charge in [-0.15, -0.1) is 11.3 Å². The Labute approximate surface area is 207 Å². The van der Waals surface area contributed by atoms with Crippen LogP contribution in [0.5, 0.6) is 0 Å². The lowest BCUT2D eigenvalue weighted by atomic mass is 9.86. The van der Waals surface area contributed by atoms with Crippen molar-refractivity contribution in [2.24, 2.45) is 10.9 Å². The van der Waals surface area contributed by atoms with Crippen LogP contribution in [-0.4, -0.2) is 52.3 Å². The van der Waals surface area contributed by atoms with Crippen molar-refractivity contribution >= 4 is 56.8 Å². The predicted octanol–water partition coefficient (Wildman–Crippen LogP) is 4.76. The third kappa shape index (κ3) is 3.87. The second kappa shape index (κ2) is 8.59. The summed E-state index contributed by atoms with van der Waals surface area (Å²) in [6.45, 7) is 6.09. The molecule has 1 aliphatic carbocycles. The van der Waals surface area contributed by atoms with Crippen molar-refractivity contribution in [3.8, 4) is 0 Å². The fourth-order valence-electron chi connectivity index (χ4n) is 5.39. The summed E-state index contributed by atoms with van der Waals surface area (Å²) in [5.74, 6) is 1.02. The van der Waals surface area contributed by atoms with Gasteiger partial charge >= 0.3 is 0 Å². The number of hydrogen-bond donors (Lipinski definition) is 1. The van der Waals surface area contributed by atoms with E-state index in [9.17, 15) is 4.79 Å². The quantitative estimate of drug-likeness (QED) is 0.566. The van der Waals surface area contributed by atoms with E-state index in [-0.39, 0.29) is 24.0 Å². The lowest BCUT2D eigenvalue weighted by Gasteiger charge is -2.37. The average molecular weight is 496 g/mol. The Morgan fingerprint density at radius 1 is 1.24 bits per heavy atom. The zero-order valence-electron chi connectivity index (χ0n) is 19.2. The number of aromatic nitrogens is 2. The van der Waals surface area contributed by atoms with Crippen molar-refractivity contribution in [2.45, 2.75) is 51.9 Å². The number of aliphatic imine (C=N–C) groups is 1. The maximum Gasteiger partial charge on any atom is 0.226 e. The second-order valence-corrected chi connectivity index (χ2v) is 11.0. The molecule has 2 aromatic heterocycles. The molecule has 3 atom stereocenters. The number of fused-ring (bicyclic) bond motifs is 4. The van der Waals surface area contributed by atoms with Crippen LogP contribution in [0.25, 0.3) is 10.2 Å². The number of carbonyl (C=O) groups excluding carboxylic acids is 1. The molecule has 176 valence electrons. The predicted molar refractivity (Wildman–Crippen MR) is 136 cm³/mol. The van der Waals surface area contributed by atoms with Gasteiger partial charge < -0.3 is 15.0 Å². The lowest BCUT2D eigenvalue weighted by molar-refractivity contribution is -0.147. The smallest absolute Gasteiger partial charge is 0.226 e. The number of amides is 1. The Balaban J connectivity index is 1.28. The Kier molecular flexibility index (Phi) is 5.54. The summed E-state index contributed by atoms with van der Waals surface area (Å²) >= 11 is 8.24. The summed E-state index contributed by atoms with van der Waals surface area (Å²) in [4.78, 5) is 30.9. The SMILES string of the molecule is C[C@H]1CN(C(=O)[C@H]2CCc3c(sc4ncnc(Nc5cc6c(cc5Cl)CN=C6)c34)C2)C[C@H](C)O1. The van der Waals surface area contributed by atoms with E-state index in [1.54, 1.807) is 17.7 Å². The molecule has 1 fully saturated rings. The number of halogens is 1. The first kappa shape index (κ1) is 21.9. The van der Waals surface area contributed by atoms with E-state index in [1.807, 2.05) is 37.1 Å².